The van der Waals surface area contributed by atoms with Crippen molar-refractivity contribution in [3.63, 3.8) is 0 Å². The SMILES string of the molecule is C.CC.CC.CC.CC.CC.CC.CC.CC.COc1cc(C(c2ccc(O)c(C=O)c2)(c2ccc(O)c(C=O)c2)c2ccc(O)c(C=O)c2)ccc1O.COc1ccc(O)c(C(c2cc(C=O)ccc2O)(c2cc(OC)ccc2O)c2cc(OC)ccc2O)c1. The Hall–Kier alpha value is -9.96. The molecule has 8 aromatic rings. The first-order valence-corrected chi connectivity index (χ1v) is 30.2. The highest BCUT2D eigenvalue weighted by atomic mass is 16.5. The molecule has 0 aliphatic rings. The highest BCUT2D eigenvalue weighted by Gasteiger charge is 2.47. The minimum Gasteiger partial charge on any atom is -0.508 e. The normalized spacial score (nSPS) is 9.54. The van der Waals surface area contributed by atoms with Crippen LogP contribution in [0.5, 0.6) is 69.0 Å². The number of benzene rings is 8. The molecule has 0 heterocycles. The predicted molar refractivity (Wildman–Crippen MR) is 368 cm³/mol. The minimum absolute atomic E-state index is 0. The second kappa shape index (κ2) is 44.5. The lowest BCUT2D eigenvalue weighted by Gasteiger charge is -2.38. The molecule has 0 saturated heterocycles. The molecule has 0 atom stereocenters. The molecule has 0 bridgehead atoms. The fourth-order valence-corrected chi connectivity index (χ4v) is 9.18. The van der Waals surface area contributed by atoms with Gasteiger partial charge in [-0.05, 0) is 144 Å². The second-order valence-electron chi connectivity index (χ2n) is 16.6. The van der Waals surface area contributed by atoms with Crippen molar-refractivity contribution in [2.45, 2.75) is 129 Å². The van der Waals surface area contributed by atoms with Crippen molar-refractivity contribution in [1.82, 2.24) is 0 Å². The summed E-state index contributed by atoms with van der Waals surface area (Å²) in [5.74, 6) is -0.689. The molecule has 8 aromatic carbocycles. The van der Waals surface area contributed by atoms with Gasteiger partial charge < -0.3 is 59.8 Å². The summed E-state index contributed by atoms with van der Waals surface area (Å²) in [6, 6.07) is 35.3. The quantitative estimate of drug-likeness (QED) is 0.0330. The van der Waals surface area contributed by atoms with Gasteiger partial charge in [-0.15, -0.1) is 0 Å². The zero-order chi connectivity index (χ0) is 69.5. The Balaban J connectivity index is -0.00000138. The second-order valence-corrected chi connectivity index (χ2v) is 16.6. The van der Waals surface area contributed by atoms with Crippen molar-refractivity contribution in [1.29, 1.82) is 0 Å². The van der Waals surface area contributed by atoms with Crippen molar-refractivity contribution < 1.29 is 79.0 Å². The van der Waals surface area contributed by atoms with Crippen LogP contribution >= 0.6 is 0 Å². The molecule has 8 rings (SSSR count). The summed E-state index contributed by atoms with van der Waals surface area (Å²) in [4.78, 5) is 47.2. The van der Waals surface area contributed by atoms with Crippen LogP contribution in [0.1, 0.15) is 204 Å². The Kier molecular flexibility index (Phi) is 41.7. The van der Waals surface area contributed by atoms with Crippen molar-refractivity contribution in [2.24, 2.45) is 0 Å². The standard InChI is InChI=1S/C29H26O8.C29H22O8.8C2H6.CH4/c1-35-18-5-9-26(32)22(13-18)29(21-12-17(16-30)4-8-25(21)31,23-14-19(36-2)6-10-27(23)33)24-15-20(37-3)7-11-28(24)34;1-37-28-13-23(5-9-27(28)36)29(20-2-6-24(33)17(10-20)14-30,21-3-7-25(34)18(11-21)15-31)22-4-8-26(35)19(12-22)16-32;8*1-2;/h4-16,31-34H,1-3H3;2-16,33-36H,1H3;8*1-2H3;1H4. The average Bonchev–Trinajstić information content (AvgIpc) is 0.866. The van der Waals surface area contributed by atoms with E-state index in [4.69, 9.17) is 18.9 Å². The molecule has 0 aliphatic carbocycles. The molecule has 496 valence electrons. The van der Waals surface area contributed by atoms with Crippen LogP contribution in [0.3, 0.4) is 0 Å². The molecule has 0 aliphatic heterocycles. The topological polar surface area (TPSA) is 267 Å². The number of phenols is 8. The van der Waals surface area contributed by atoms with E-state index in [0.717, 1.165) is 0 Å². The number of methoxy groups -OCH3 is 4. The number of aldehydes is 4. The van der Waals surface area contributed by atoms with E-state index in [1.165, 1.54) is 126 Å². The molecular weight excluding hydrogens is 1160 g/mol. The number of hydrogen-bond donors (Lipinski definition) is 8. The van der Waals surface area contributed by atoms with E-state index in [1.807, 2.05) is 111 Å². The Morgan fingerprint density at radius 3 is 0.791 bits per heavy atom. The summed E-state index contributed by atoms with van der Waals surface area (Å²) in [6.07, 6.45) is 2.07. The average molecular weight is 1260 g/mol. The number of carbonyl (C=O) groups excluding carboxylic acids is 4. The van der Waals surface area contributed by atoms with Crippen LogP contribution < -0.4 is 18.9 Å². The van der Waals surface area contributed by atoms with Gasteiger partial charge in [-0.2, -0.15) is 0 Å². The van der Waals surface area contributed by atoms with E-state index in [1.54, 1.807) is 48.5 Å². The fraction of sp³-hybridized carbons (Fsp3) is 0.307. The van der Waals surface area contributed by atoms with Crippen LogP contribution in [0.15, 0.2) is 146 Å². The molecule has 8 N–H and O–H groups in total. The van der Waals surface area contributed by atoms with Gasteiger partial charge in [0, 0.05) is 27.8 Å². The lowest BCUT2D eigenvalue weighted by atomic mass is 9.63. The van der Waals surface area contributed by atoms with E-state index in [9.17, 15) is 60.0 Å². The van der Waals surface area contributed by atoms with E-state index in [2.05, 4.69) is 0 Å². The number of carbonyl (C=O) groups is 4. The molecular formula is C75H100O16. The van der Waals surface area contributed by atoms with Gasteiger partial charge in [0.05, 0.1) is 56.0 Å². The third kappa shape index (κ3) is 19.5. The Morgan fingerprint density at radius 2 is 0.527 bits per heavy atom. The van der Waals surface area contributed by atoms with E-state index in [0.29, 0.717) is 64.6 Å². The van der Waals surface area contributed by atoms with Crippen molar-refractivity contribution in [2.75, 3.05) is 28.4 Å². The van der Waals surface area contributed by atoms with Gasteiger partial charge in [-0.25, -0.2) is 0 Å². The van der Waals surface area contributed by atoms with Gasteiger partial charge >= 0.3 is 0 Å². The number of phenolic OH excluding ortho intramolecular Hbond substituents is 8. The van der Waals surface area contributed by atoms with Crippen LogP contribution in [-0.4, -0.2) is 94.4 Å². The van der Waals surface area contributed by atoms with Crippen LogP contribution in [0.4, 0.5) is 0 Å². The van der Waals surface area contributed by atoms with Gasteiger partial charge in [-0.3, -0.25) is 19.2 Å². The van der Waals surface area contributed by atoms with Crippen molar-refractivity contribution in [3.8, 4) is 69.0 Å². The summed E-state index contributed by atoms with van der Waals surface area (Å²) in [6.45, 7) is 32.0. The van der Waals surface area contributed by atoms with Gasteiger partial charge in [0.1, 0.15) is 63.8 Å². The summed E-state index contributed by atoms with van der Waals surface area (Å²) < 4.78 is 21.6. The number of ether oxygens (including phenoxy) is 4. The zero-order valence-electron chi connectivity index (χ0n) is 56.0. The Morgan fingerprint density at radius 1 is 0.275 bits per heavy atom. The summed E-state index contributed by atoms with van der Waals surface area (Å²) in [5.41, 5.74) is -0.758. The molecule has 0 fully saturated rings. The van der Waals surface area contributed by atoms with E-state index < -0.39 is 10.8 Å². The summed E-state index contributed by atoms with van der Waals surface area (Å²) >= 11 is 0. The molecule has 0 saturated carbocycles. The molecule has 0 spiro atoms. The number of hydrogen-bond acceptors (Lipinski definition) is 16. The molecule has 16 heteroatoms. The van der Waals surface area contributed by atoms with Crippen molar-refractivity contribution in [3.05, 3.63) is 212 Å². The first-order valence-electron chi connectivity index (χ1n) is 30.2. The maximum atomic E-state index is 11.8. The van der Waals surface area contributed by atoms with Gasteiger partial charge in [0.15, 0.2) is 30.4 Å². The summed E-state index contributed by atoms with van der Waals surface area (Å²) in [5, 5.41) is 86.0. The molecule has 0 unspecified atom stereocenters. The molecule has 0 amide bonds. The van der Waals surface area contributed by atoms with Crippen LogP contribution in [0, 0.1) is 0 Å². The molecule has 91 heavy (non-hydrogen) atoms. The monoisotopic (exact) mass is 1260 g/mol. The molecule has 0 radical (unpaired) electrons. The maximum Gasteiger partial charge on any atom is 0.160 e. The third-order valence-electron chi connectivity index (χ3n) is 12.8. The lowest BCUT2D eigenvalue weighted by Crippen LogP contribution is -2.32. The smallest absolute Gasteiger partial charge is 0.160 e. The first-order chi connectivity index (χ1) is 43.6. The van der Waals surface area contributed by atoms with E-state index >= 15 is 0 Å². The van der Waals surface area contributed by atoms with E-state index in [-0.39, 0.29) is 104 Å². The van der Waals surface area contributed by atoms with Crippen LogP contribution in [0.25, 0.3) is 0 Å². The number of rotatable bonds is 16. The molecule has 16 nitrogen and oxygen atoms in total. The van der Waals surface area contributed by atoms with Gasteiger partial charge in [-0.1, -0.05) is 142 Å². The lowest BCUT2D eigenvalue weighted by molar-refractivity contribution is 0.111. The Labute approximate surface area is 540 Å². The Bertz CT molecular complexity index is 3170. The van der Waals surface area contributed by atoms with Crippen LogP contribution in [0.2, 0.25) is 0 Å². The predicted octanol–water partition coefficient (Wildman–Crippen LogP) is 17.9. The fourth-order valence-electron chi connectivity index (χ4n) is 9.18. The number of aromatic hydroxyl groups is 8. The van der Waals surface area contributed by atoms with Crippen LogP contribution in [-0.2, 0) is 10.8 Å². The largest absolute Gasteiger partial charge is 0.508 e. The maximum absolute atomic E-state index is 11.8. The van der Waals surface area contributed by atoms with Crippen molar-refractivity contribution >= 4 is 25.1 Å². The summed E-state index contributed by atoms with van der Waals surface area (Å²) in [7, 11) is 5.73. The van der Waals surface area contributed by atoms with Gasteiger partial charge in [0.2, 0.25) is 0 Å². The first kappa shape index (κ1) is 85.2. The third-order valence-corrected chi connectivity index (χ3v) is 12.8. The zero-order valence-corrected chi connectivity index (χ0v) is 56.0. The highest BCUT2D eigenvalue weighted by Crippen LogP contribution is 2.57. The molecule has 0 aromatic heterocycles. The highest BCUT2D eigenvalue weighted by molar-refractivity contribution is 5.84. The van der Waals surface area contributed by atoms with Gasteiger partial charge in [0.25, 0.3) is 0 Å². The minimum atomic E-state index is -1.81.